The van der Waals surface area contributed by atoms with Crippen molar-refractivity contribution in [1.29, 1.82) is 0 Å². The average molecular weight is 324 g/mol. The van der Waals surface area contributed by atoms with Crippen molar-refractivity contribution in [2.24, 2.45) is 0 Å². The highest BCUT2D eigenvalue weighted by molar-refractivity contribution is 9.11. The molecule has 0 saturated carbocycles. The van der Waals surface area contributed by atoms with Gasteiger partial charge in [-0.3, -0.25) is 0 Å². The number of rotatable bonds is 5. The minimum atomic E-state index is 0.411. The van der Waals surface area contributed by atoms with Gasteiger partial charge in [0, 0.05) is 17.5 Å². The van der Waals surface area contributed by atoms with Crippen LogP contribution in [0, 0.1) is 6.92 Å². The van der Waals surface area contributed by atoms with Gasteiger partial charge in [-0.05, 0) is 53.9 Å². The molecule has 1 aromatic carbocycles. The molecule has 0 aliphatic carbocycles. The zero-order valence-corrected chi connectivity index (χ0v) is 13.1. The van der Waals surface area contributed by atoms with E-state index in [1.807, 2.05) is 11.3 Å². The monoisotopic (exact) mass is 323 g/mol. The van der Waals surface area contributed by atoms with E-state index in [2.05, 4.69) is 71.5 Å². The molecule has 1 unspecified atom stereocenters. The third kappa shape index (κ3) is 3.94. The molecule has 0 aliphatic heterocycles. The van der Waals surface area contributed by atoms with Crippen LogP contribution < -0.4 is 5.32 Å². The average Bonchev–Trinajstić information content (AvgIpc) is 2.76. The lowest BCUT2D eigenvalue weighted by atomic mass is 10.1. The Labute approximate surface area is 121 Å². The molecule has 1 N–H and O–H groups in total. The number of thiophene rings is 1. The van der Waals surface area contributed by atoms with Crippen LogP contribution in [0.15, 0.2) is 40.2 Å². The molecular formula is C15H18BrNS. The maximum atomic E-state index is 3.57. The Balaban J connectivity index is 1.81. The van der Waals surface area contributed by atoms with Crippen molar-refractivity contribution in [3.05, 3.63) is 56.2 Å². The molecule has 0 saturated heterocycles. The van der Waals surface area contributed by atoms with Gasteiger partial charge in [-0.25, -0.2) is 0 Å². The maximum absolute atomic E-state index is 3.57. The molecule has 2 aromatic rings. The van der Waals surface area contributed by atoms with E-state index in [4.69, 9.17) is 0 Å². The Hall–Kier alpha value is -0.640. The second kappa shape index (κ2) is 6.50. The third-order valence-electron chi connectivity index (χ3n) is 3.03. The number of nitrogens with one attached hydrogen (secondary N) is 1. The van der Waals surface area contributed by atoms with Crippen molar-refractivity contribution >= 4 is 27.3 Å². The van der Waals surface area contributed by atoms with Crippen LogP contribution in [0.3, 0.4) is 0 Å². The second-order valence-electron chi connectivity index (χ2n) is 4.54. The van der Waals surface area contributed by atoms with Crippen molar-refractivity contribution in [3.8, 4) is 0 Å². The van der Waals surface area contributed by atoms with Crippen molar-refractivity contribution in [2.75, 3.05) is 6.54 Å². The van der Waals surface area contributed by atoms with Crippen LogP contribution in [0.4, 0.5) is 0 Å². The lowest BCUT2D eigenvalue weighted by molar-refractivity contribution is 0.578. The van der Waals surface area contributed by atoms with Crippen LogP contribution in [0.5, 0.6) is 0 Å². The van der Waals surface area contributed by atoms with Gasteiger partial charge in [-0.15, -0.1) is 11.3 Å². The summed E-state index contributed by atoms with van der Waals surface area (Å²) in [6.07, 6.45) is 1.09. The van der Waals surface area contributed by atoms with Gasteiger partial charge < -0.3 is 5.32 Å². The Kier molecular flexibility index (Phi) is 4.98. The largest absolute Gasteiger partial charge is 0.310 e. The minimum Gasteiger partial charge on any atom is -0.310 e. The van der Waals surface area contributed by atoms with Crippen LogP contribution >= 0.6 is 27.3 Å². The van der Waals surface area contributed by atoms with Crippen LogP contribution in [-0.2, 0) is 6.42 Å². The first-order valence-electron chi connectivity index (χ1n) is 6.19. The Morgan fingerprint density at radius 2 is 1.89 bits per heavy atom. The molecule has 1 aromatic heterocycles. The quantitative estimate of drug-likeness (QED) is 0.840. The van der Waals surface area contributed by atoms with E-state index in [0.717, 1.165) is 13.0 Å². The maximum Gasteiger partial charge on any atom is 0.0701 e. The number of hydrogen-bond acceptors (Lipinski definition) is 2. The van der Waals surface area contributed by atoms with Gasteiger partial charge >= 0.3 is 0 Å². The van der Waals surface area contributed by atoms with E-state index in [-0.39, 0.29) is 0 Å². The van der Waals surface area contributed by atoms with Crippen LogP contribution in [0.2, 0.25) is 0 Å². The molecule has 1 nitrogen and oxygen atoms in total. The number of halogens is 1. The van der Waals surface area contributed by atoms with E-state index in [0.29, 0.717) is 6.04 Å². The first kappa shape index (κ1) is 13.8. The summed E-state index contributed by atoms with van der Waals surface area (Å²) in [7, 11) is 0. The summed E-state index contributed by atoms with van der Waals surface area (Å²) in [4.78, 5) is 1.42. The highest BCUT2D eigenvalue weighted by Crippen LogP contribution is 2.22. The summed E-state index contributed by atoms with van der Waals surface area (Å²) in [5, 5.41) is 3.57. The SMILES string of the molecule is Cc1ccc(C(C)NCCc2ccc(Br)s2)cc1. The fourth-order valence-electron chi connectivity index (χ4n) is 1.87. The normalized spacial score (nSPS) is 12.6. The molecule has 0 spiro atoms. The van der Waals surface area contributed by atoms with Crippen molar-refractivity contribution < 1.29 is 0 Å². The Morgan fingerprint density at radius 1 is 1.17 bits per heavy atom. The lowest BCUT2D eigenvalue weighted by Gasteiger charge is -2.14. The van der Waals surface area contributed by atoms with E-state index in [1.165, 1.54) is 19.8 Å². The minimum absolute atomic E-state index is 0.411. The zero-order chi connectivity index (χ0) is 13.0. The third-order valence-corrected chi connectivity index (χ3v) is 4.71. The molecule has 0 fully saturated rings. The predicted octanol–water partition coefficient (Wildman–Crippen LogP) is 4.71. The molecule has 0 radical (unpaired) electrons. The fraction of sp³-hybridized carbons (Fsp3) is 0.333. The summed E-state index contributed by atoms with van der Waals surface area (Å²) in [6, 6.07) is 13.5. The Bertz CT molecular complexity index is 489. The highest BCUT2D eigenvalue weighted by Gasteiger charge is 2.04. The fourth-order valence-corrected chi connectivity index (χ4v) is 3.35. The van der Waals surface area contributed by atoms with Crippen LogP contribution in [0.25, 0.3) is 0 Å². The first-order chi connectivity index (χ1) is 8.65. The van der Waals surface area contributed by atoms with Gasteiger partial charge in [0.15, 0.2) is 0 Å². The van der Waals surface area contributed by atoms with Crippen LogP contribution in [-0.4, -0.2) is 6.54 Å². The van der Waals surface area contributed by atoms with E-state index in [9.17, 15) is 0 Å². The zero-order valence-electron chi connectivity index (χ0n) is 10.7. The highest BCUT2D eigenvalue weighted by atomic mass is 79.9. The molecule has 1 atom stereocenters. The molecule has 1 heterocycles. The Morgan fingerprint density at radius 3 is 2.50 bits per heavy atom. The first-order valence-corrected chi connectivity index (χ1v) is 7.80. The van der Waals surface area contributed by atoms with Crippen LogP contribution in [0.1, 0.15) is 29.0 Å². The van der Waals surface area contributed by atoms with Gasteiger partial charge in [-0.2, -0.15) is 0 Å². The van der Waals surface area contributed by atoms with Gasteiger partial charge in [0.05, 0.1) is 3.79 Å². The molecule has 96 valence electrons. The molecule has 2 rings (SSSR count). The van der Waals surface area contributed by atoms with Crippen molar-refractivity contribution in [3.63, 3.8) is 0 Å². The summed E-state index contributed by atoms with van der Waals surface area (Å²) >= 11 is 5.31. The van der Waals surface area contributed by atoms with E-state index >= 15 is 0 Å². The number of aryl methyl sites for hydroxylation is 1. The van der Waals surface area contributed by atoms with Gasteiger partial charge in [0.1, 0.15) is 0 Å². The molecule has 0 bridgehead atoms. The summed E-state index contributed by atoms with van der Waals surface area (Å²) in [6.45, 7) is 5.35. The predicted molar refractivity (Wildman–Crippen MR) is 83.3 cm³/mol. The van der Waals surface area contributed by atoms with Gasteiger partial charge in [-0.1, -0.05) is 29.8 Å². The van der Waals surface area contributed by atoms with Crippen molar-refractivity contribution in [2.45, 2.75) is 26.3 Å². The van der Waals surface area contributed by atoms with Crippen molar-refractivity contribution in [1.82, 2.24) is 5.32 Å². The van der Waals surface area contributed by atoms with Gasteiger partial charge in [0.25, 0.3) is 0 Å². The molecule has 18 heavy (non-hydrogen) atoms. The smallest absolute Gasteiger partial charge is 0.0701 e. The topological polar surface area (TPSA) is 12.0 Å². The second-order valence-corrected chi connectivity index (χ2v) is 7.09. The summed E-state index contributed by atoms with van der Waals surface area (Å²) in [5.41, 5.74) is 2.67. The molecule has 0 amide bonds. The number of hydrogen-bond donors (Lipinski definition) is 1. The van der Waals surface area contributed by atoms with E-state index in [1.54, 1.807) is 0 Å². The lowest BCUT2D eigenvalue weighted by Crippen LogP contribution is -2.21. The molecule has 3 heteroatoms. The summed E-state index contributed by atoms with van der Waals surface area (Å²) in [5.74, 6) is 0. The standard InChI is InChI=1S/C15H18BrNS/c1-11-3-5-13(6-4-11)12(2)17-10-9-14-7-8-15(16)18-14/h3-8,12,17H,9-10H2,1-2H3. The summed E-state index contributed by atoms with van der Waals surface area (Å²) < 4.78 is 1.21. The number of benzene rings is 1. The molecular weight excluding hydrogens is 306 g/mol. The van der Waals surface area contributed by atoms with E-state index < -0.39 is 0 Å². The van der Waals surface area contributed by atoms with Gasteiger partial charge in [0.2, 0.25) is 0 Å². The molecule has 0 aliphatic rings.